The van der Waals surface area contributed by atoms with Crippen molar-refractivity contribution in [2.75, 3.05) is 12.8 Å². The predicted molar refractivity (Wildman–Crippen MR) is 52.6 cm³/mol. The van der Waals surface area contributed by atoms with Crippen molar-refractivity contribution < 1.29 is 14.7 Å². The first kappa shape index (κ1) is 11.2. The van der Waals surface area contributed by atoms with Crippen LogP contribution >= 0.6 is 11.6 Å². The van der Waals surface area contributed by atoms with Gasteiger partial charge in [-0.1, -0.05) is 16.8 Å². The Balaban J connectivity index is 3.23. The van der Waals surface area contributed by atoms with Gasteiger partial charge in [-0.3, -0.25) is 0 Å². The molecule has 15 heavy (non-hydrogen) atoms. The van der Waals surface area contributed by atoms with Gasteiger partial charge in [-0.05, 0) is 0 Å². The van der Waals surface area contributed by atoms with E-state index in [9.17, 15) is 4.79 Å². The van der Waals surface area contributed by atoms with Crippen molar-refractivity contribution in [1.82, 2.24) is 9.97 Å². The third-order valence-corrected chi connectivity index (χ3v) is 1.53. The van der Waals surface area contributed by atoms with Gasteiger partial charge in [-0.25, -0.2) is 14.8 Å². The lowest BCUT2D eigenvalue weighted by Gasteiger charge is -2.01. The van der Waals surface area contributed by atoms with Gasteiger partial charge in [0.2, 0.25) is 11.7 Å². The molecule has 1 aromatic rings. The molecular weight excluding hydrogens is 224 g/mol. The van der Waals surface area contributed by atoms with Crippen LogP contribution in [-0.4, -0.2) is 33.9 Å². The van der Waals surface area contributed by atoms with E-state index in [2.05, 4.69) is 20.0 Å². The number of aliphatic carboxylic acids is 1. The summed E-state index contributed by atoms with van der Waals surface area (Å²) in [4.78, 5) is 22.4. The normalized spacial score (nSPS) is 11.2. The standard InChI is InChI=1S/C7H7ClN4O3/c1-15-12-5(6(13)14)3-2-4(8)11-7(9)10-3/h2H,1H3,(H,13,14)(H2,9,10,11)/b12-5-. The van der Waals surface area contributed by atoms with Crippen LogP contribution in [0.25, 0.3) is 0 Å². The van der Waals surface area contributed by atoms with Gasteiger partial charge >= 0.3 is 5.97 Å². The van der Waals surface area contributed by atoms with Crippen molar-refractivity contribution in [3.05, 3.63) is 16.9 Å². The highest BCUT2D eigenvalue weighted by Crippen LogP contribution is 2.09. The van der Waals surface area contributed by atoms with Crippen LogP contribution in [0.3, 0.4) is 0 Å². The summed E-state index contributed by atoms with van der Waals surface area (Å²) in [5.74, 6) is -1.44. The number of nitrogens with zero attached hydrogens (tertiary/aromatic N) is 3. The number of rotatable bonds is 3. The quantitative estimate of drug-likeness (QED) is 0.434. The van der Waals surface area contributed by atoms with Gasteiger partial charge in [0, 0.05) is 6.07 Å². The smallest absolute Gasteiger partial charge is 0.360 e. The van der Waals surface area contributed by atoms with E-state index < -0.39 is 11.7 Å². The van der Waals surface area contributed by atoms with E-state index in [0.717, 1.165) is 0 Å². The Morgan fingerprint density at radius 3 is 2.80 bits per heavy atom. The van der Waals surface area contributed by atoms with Gasteiger partial charge in [0.05, 0.1) is 0 Å². The lowest BCUT2D eigenvalue weighted by atomic mass is 10.2. The van der Waals surface area contributed by atoms with Crippen molar-refractivity contribution in [1.29, 1.82) is 0 Å². The minimum Gasteiger partial charge on any atom is -0.476 e. The van der Waals surface area contributed by atoms with Gasteiger partial charge < -0.3 is 15.7 Å². The number of hydrogen-bond donors (Lipinski definition) is 2. The van der Waals surface area contributed by atoms with E-state index in [1.165, 1.54) is 13.2 Å². The van der Waals surface area contributed by atoms with E-state index in [4.69, 9.17) is 22.4 Å². The Morgan fingerprint density at radius 2 is 2.33 bits per heavy atom. The largest absolute Gasteiger partial charge is 0.476 e. The molecule has 0 saturated heterocycles. The monoisotopic (exact) mass is 230 g/mol. The summed E-state index contributed by atoms with van der Waals surface area (Å²) in [5.41, 5.74) is 4.89. The Hall–Kier alpha value is -1.89. The second-order valence-corrected chi connectivity index (χ2v) is 2.75. The number of carbonyl (C=O) groups is 1. The Morgan fingerprint density at radius 1 is 1.67 bits per heavy atom. The SMILES string of the molecule is CO/N=C(\C(=O)O)c1cc(Cl)nc(N)n1. The summed E-state index contributed by atoms with van der Waals surface area (Å²) in [5, 5.41) is 12.1. The Bertz CT molecular complexity index is 400. The summed E-state index contributed by atoms with van der Waals surface area (Å²) in [6, 6.07) is 1.23. The summed E-state index contributed by atoms with van der Waals surface area (Å²) < 4.78 is 0. The molecule has 3 N–H and O–H groups in total. The lowest BCUT2D eigenvalue weighted by Crippen LogP contribution is -2.17. The minimum absolute atomic E-state index is 0.0122. The van der Waals surface area contributed by atoms with Crippen molar-refractivity contribution >= 4 is 29.2 Å². The van der Waals surface area contributed by atoms with Gasteiger partial charge in [-0.15, -0.1) is 0 Å². The summed E-state index contributed by atoms with van der Waals surface area (Å²) in [6.45, 7) is 0. The topological polar surface area (TPSA) is 111 Å². The average Bonchev–Trinajstić information content (AvgIpc) is 2.11. The molecule has 0 bridgehead atoms. The highest BCUT2D eigenvalue weighted by molar-refractivity contribution is 6.42. The molecule has 8 heteroatoms. The maximum atomic E-state index is 10.8. The van der Waals surface area contributed by atoms with Crippen LogP contribution in [0.2, 0.25) is 5.15 Å². The molecule has 0 unspecified atom stereocenters. The zero-order chi connectivity index (χ0) is 11.4. The van der Waals surface area contributed by atoms with E-state index >= 15 is 0 Å². The first-order chi connectivity index (χ1) is 7.04. The number of aromatic nitrogens is 2. The fourth-order valence-electron chi connectivity index (χ4n) is 0.843. The number of halogens is 1. The van der Waals surface area contributed by atoms with Crippen LogP contribution in [0.15, 0.2) is 11.2 Å². The zero-order valence-corrected chi connectivity index (χ0v) is 8.39. The highest BCUT2D eigenvalue weighted by Gasteiger charge is 2.16. The van der Waals surface area contributed by atoms with E-state index in [1.54, 1.807) is 0 Å². The molecule has 0 atom stereocenters. The van der Waals surface area contributed by atoms with E-state index in [-0.39, 0.29) is 16.8 Å². The van der Waals surface area contributed by atoms with E-state index in [1.807, 2.05) is 0 Å². The van der Waals surface area contributed by atoms with Crippen LogP contribution in [0, 0.1) is 0 Å². The van der Waals surface area contributed by atoms with Crippen molar-refractivity contribution in [3.8, 4) is 0 Å². The molecule has 0 aliphatic carbocycles. The molecular formula is C7H7ClN4O3. The fourth-order valence-corrected chi connectivity index (χ4v) is 1.03. The fraction of sp³-hybridized carbons (Fsp3) is 0.143. The number of nitrogen functional groups attached to an aromatic ring is 1. The molecule has 7 nitrogen and oxygen atoms in total. The van der Waals surface area contributed by atoms with E-state index in [0.29, 0.717) is 0 Å². The molecule has 0 amide bonds. The molecule has 1 aromatic heterocycles. The molecule has 0 aliphatic rings. The summed E-state index contributed by atoms with van der Waals surface area (Å²) in [7, 11) is 1.22. The maximum Gasteiger partial charge on any atom is 0.360 e. The summed E-state index contributed by atoms with van der Waals surface area (Å²) >= 11 is 5.58. The third-order valence-electron chi connectivity index (χ3n) is 1.34. The Labute approximate surface area is 89.5 Å². The molecule has 0 radical (unpaired) electrons. The molecule has 0 fully saturated rings. The predicted octanol–water partition coefficient (Wildman–Crippen LogP) is 0.147. The molecule has 80 valence electrons. The number of nitrogens with two attached hydrogens (primary N) is 1. The Kier molecular flexibility index (Phi) is 3.40. The molecule has 0 aliphatic heterocycles. The second kappa shape index (κ2) is 4.56. The third kappa shape index (κ3) is 2.78. The van der Waals surface area contributed by atoms with Crippen molar-refractivity contribution in [3.63, 3.8) is 0 Å². The number of oxime groups is 1. The minimum atomic E-state index is -1.30. The van der Waals surface area contributed by atoms with Crippen molar-refractivity contribution in [2.45, 2.75) is 0 Å². The molecule has 0 spiro atoms. The van der Waals surface area contributed by atoms with Crippen LogP contribution in [-0.2, 0) is 9.63 Å². The first-order valence-electron chi connectivity index (χ1n) is 3.69. The second-order valence-electron chi connectivity index (χ2n) is 2.36. The van der Waals surface area contributed by atoms with Crippen LogP contribution in [0.5, 0.6) is 0 Å². The lowest BCUT2D eigenvalue weighted by molar-refractivity contribution is -0.129. The number of anilines is 1. The molecule has 0 aromatic carbocycles. The number of hydrogen-bond acceptors (Lipinski definition) is 6. The average molecular weight is 231 g/mol. The maximum absolute atomic E-state index is 10.8. The van der Waals surface area contributed by atoms with Gasteiger partial charge in [0.15, 0.2) is 0 Å². The van der Waals surface area contributed by atoms with Crippen molar-refractivity contribution in [2.24, 2.45) is 5.16 Å². The van der Waals surface area contributed by atoms with Crippen LogP contribution < -0.4 is 5.73 Å². The number of carboxylic acid groups (broad SMARTS) is 1. The van der Waals surface area contributed by atoms with Gasteiger partial charge in [-0.2, -0.15) is 0 Å². The molecule has 1 heterocycles. The molecule has 0 saturated carbocycles. The zero-order valence-electron chi connectivity index (χ0n) is 7.64. The van der Waals surface area contributed by atoms with Gasteiger partial charge in [0.25, 0.3) is 0 Å². The molecule has 1 rings (SSSR count). The number of carboxylic acids is 1. The van der Waals surface area contributed by atoms with Crippen LogP contribution in [0.4, 0.5) is 5.95 Å². The first-order valence-corrected chi connectivity index (χ1v) is 4.07. The van der Waals surface area contributed by atoms with Gasteiger partial charge in [0.1, 0.15) is 18.0 Å². The highest BCUT2D eigenvalue weighted by atomic mass is 35.5. The van der Waals surface area contributed by atoms with Crippen LogP contribution in [0.1, 0.15) is 5.69 Å². The summed E-state index contributed by atoms with van der Waals surface area (Å²) in [6.07, 6.45) is 0.